The molecule has 0 amide bonds. The summed E-state index contributed by atoms with van der Waals surface area (Å²) in [5, 5.41) is 0. The molecule has 0 N–H and O–H groups in total. The van der Waals surface area contributed by atoms with Gasteiger partial charge in [0.15, 0.2) is 5.78 Å². The summed E-state index contributed by atoms with van der Waals surface area (Å²) in [5.41, 5.74) is 4.01. The minimum absolute atomic E-state index is 0.255. The van der Waals surface area contributed by atoms with Crippen LogP contribution in [0, 0.1) is 0 Å². The molecule has 1 aromatic heterocycles. The van der Waals surface area contributed by atoms with Crippen LogP contribution >= 0.6 is 0 Å². The number of hydrogen-bond acceptors (Lipinski definition) is 3. The van der Waals surface area contributed by atoms with Crippen molar-refractivity contribution < 1.29 is 4.79 Å². The van der Waals surface area contributed by atoms with Crippen molar-refractivity contribution in [3.8, 4) is 11.1 Å². The Hall–Kier alpha value is -2.03. The van der Waals surface area contributed by atoms with Crippen LogP contribution in [-0.2, 0) is 6.42 Å². The summed E-state index contributed by atoms with van der Waals surface area (Å²) in [6.45, 7) is 0. The zero-order valence-electron chi connectivity index (χ0n) is 9.39. The maximum atomic E-state index is 11.8. The van der Waals surface area contributed by atoms with Crippen molar-refractivity contribution in [1.82, 2.24) is 9.97 Å². The van der Waals surface area contributed by atoms with E-state index < -0.39 is 0 Å². The highest BCUT2D eigenvalue weighted by molar-refractivity contribution is 5.99. The number of Topliss-reactive ketones (excluding diaryl/α,β-unsaturated/α-hetero) is 1. The van der Waals surface area contributed by atoms with Gasteiger partial charge in [0.1, 0.15) is 6.33 Å². The first-order chi connectivity index (χ1) is 8.34. The van der Waals surface area contributed by atoms with Crippen LogP contribution in [0.4, 0.5) is 0 Å². The van der Waals surface area contributed by atoms with Crippen molar-refractivity contribution in [1.29, 1.82) is 0 Å². The molecule has 0 radical (unpaired) electrons. The number of rotatable bonds is 1. The van der Waals surface area contributed by atoms with E-state index in [0.717, 1.165) is 29.5 Å². The van der Waals surface area contributed by atoms with Crippen LogP contribution in [0.3, 0.4) is 0 Å². The average Bonchev–Trinajstić information content (AvgIpc) is 2.40. The second-order valence-electron chi connectivity index (χ2n) is 4.28. The Balaban J connectivity index is 2.09. The third-order valence-electron chi connectivity index (χ3n) is 3.15. The molecule has 17 heavy (non-hydrogen) atoms. The first-order valence-corrected chi connectivity index (χ1v) is 5.76. The fraction of sp³-hybridized carbons (Fsp3) is 0.214. The molecule has 1 aliphatic carbocycles. The van der Waals surface area contributed by atoms with Crippen molar-refractivity contribution >= 4 is 5.78 Å². The molecular weight excluding hydrogens is 212 g/mol. The number of nitrogens with zero attached hydrogens (tertiary/aromatic N) is 2. The molecule has 3 rings (SSSR count). The van der Waals surface area contributed by atoms with Crippen molar-refractivity contribution in [2.45, 2.75) is 19.3 Å². The number of benzene rings is 1. The van der Waals surface area contributed by atoms with E-state index in [1.165, 1.54) is 11.9 Å². The maximum absolute atomic E-state index is 11.8. The minimum atomic E-state index is 0.255. The standard InChI is InChI=1S/C14H12N2O/c17-14-3-1-2-10-4-5-11(6-13(10)14)12-7-15-9-16-8-12/h4-9H,1-3H2. The molecule has 0 aliphatic heterocycles. The van der Waals surface area contributed by atoms with Gasteiger partial charge in [-0.15, -0.1) is 0 Å². The molecule has 0 saturated heterocycles. The van der Waals surface area contributed by atoms with E-state index in [-0.39, 0.29) is 5.78 Å². The largest absolute Gasteiger partial charge is 0.294 e. The first-order valence-electron chi connectivity index (χ1n) is 5.76. The monoisotopic (exact) mass is 224 g/mol. The third-order valence-corrected chi connectivity index (χ3v) is 3.15. The summed E-state index contributed by atoms with van der Waals surface area (Å²) in [7, 11) is 0. The molecular formula is C14H12N2O. The van der Waals surface area contributed by atoms with Crippen molar-refractivity contribution in [2.75, 3.05) is 0 Å². The lowest BCUT2D eigenvalue weighted by atomic mass is 9.88. The van der Waals surface area contributed by atoms with Gasteiger partial charge in [0, 0.05) is 29.9 Å². The van der Waals surface area contributed by atoms with Crippen LogP contribution in [0.2, 0.25) is 0 Å². The van der Waals surface area contributed by atoms with Gasteiger partial charge in [0.05, 0.1) is 0 Å². The number of carbonyl (C=O) groups excluding carboxylic acids is 1. The van der Waals surface area contributed by atoms with Crippen molar-refractivity contribution in [3.63, 3.8) is 0 Å². The fourth-order valence-electron chi connectivity index (χ4n) is 2.26. The highest BCUT2D eigenvalue weighted by atomic mass is 16.1. The smallest absolute Gasteiger partial charge is 0.163 e. The normalized spacial score (nSPS) is 14.5. The summed E-state index contributed by atoms with van der Waals surface area (Å²) < 4.78 is 0. The molecule has 1 aromatic carbocycles. The van der Waals surface area contributed by atoms with Crippen LogP contribution in [0.5, 0.6) is 0 Å². The SMILES string of the molecule is O=C1CCCc2ccc(-c3cncnc3)cc21. The van der Waals surface area contributed by atoms with E-state index in [1.807, 2.05) is 12.1 Å². The maximum Gasteiger partial charge on any atom is 0.163 e. The number of carbonyl (C=O) groups is 1. The van der Waals surface area contributed by atoms with Crippen LogP contribution in [0.25, 0.3) is 11.1 Å². The van der Waals surface area contributed by atoms with Gasteiger partial charge in [-0.25, -0.2) is 9.97 Å². The summed E-state index contributed by atoms with van der Waals surface area (Å²) >= 11 is 0. The van der Waals surface area contributed by atoms with Gasteiger partial charge in [-0.1, -0.05) is 12.1 Å². The van der Waals surface area contributed by atoms with Crippen molar-refractivity contribution in [3.05, 3.63) is 48.0 Å². The second kappa shape index (κ2) is 4.09. The summed E-state index contributed by atoms with van der Waals surface area (Å²) in [6, 6.07) is 6.06. The second-order valence-corrected chi connectivity index (χ2v) is 4.28. The molecule has 3 heteroatoms. The molecule has 84 valence electrons. The molecule has 0 saturated carbocycles. The highest BCUT2D eigenvalue weighted by Crippen LogP contribution is 2.26. The summed E-state index contributed by atoms with van der Waals surface area (Å²) in [5.74, 6) is 0.255. The number of ketones is 1. The van der Waals surface area contributed by atoms with Crippen LogP contribution in [0.15, 0.2) is 36.9 Å². The van der Waals surface area contributed by atoms with Gasteiger partial charge < -0.3 is 0 Å². The fourth-order valence-corrected chi connectivity index (χ4v) is 2.26. The van der Waals surface area contributed by atoms with Gasteiger partial charge in [-0.05, 0) is 30.0 Å². The van der Waals surface area contributed by atoms with Crippen LogP contribution < -0.4 is 0 Å². The third kappa shape index (κ3) is 1.84. The first kappa shape index (κ1) is 10.1. The van der Waals surface area contributed by atoms with E-state index in [0.29, 0.717) is 6.42 Å². The lowest BCUT2D eigenvalue weighted by Crippen LogP contribution is -2.10. The lowest BCUT2D eigenvalue weighted by molar-refractivity contribution is 0.0972. The van der Waals surface area contributed by atoms with Gasteiger partial charge in [-0.3, -0.25) is 4.79 Å². The number of fused-ring (bicyclic) bond motifs is 1. The molecule has 0 spiro atoms. The molecule has 2 aromatic rings. The zero-order chi connectivity index (χ0) is 11.7. The predicted octanol–water partition coefficient (Wildman–Crippen LogP) is 2.66. The van der Waals surface area contributed by atoms with Gasteiger partial charge in [0.25, 0.3) is 0 Å². The Morgan fingerprint density at radius 3 is 2.65 bits per heavy atom. The Bertz CT molecular complexity index is 564. The van der Waals surface area contributed by atoms with Gasteiger partial charge in [-0.2, -0.15) is 0 Å². The summed E-state index contributed by atoms with van der Waals surface area (Å²) in [4.78, 5) is 19.8. The molecule has 0 bridgehead atoms. The van der Waals surface area contributed by atoms with Crippen LogP contribution in [0.1, 0.15) is 28.8 Å². The minimum Gasteiger partial charge on any atom is -0.294 e. The Labute approximate surface area is 99.5 Å². The molecule has 1 heterocycles. The van der Waals surface area contributed by atoms with E-state index in [2.05, 4.69) is 16.0 Å². The van der Waals surface area contributed by atoms with E-state index >= 15 is 0 Å². The van der Waals surface area contributed by atoms with Gasteiger partial charge >= 0.3 is 0 Å². The van der Waals surface area contributed by atoms with E-state index in [1.54, 1.807) is 12.4 Å². The predicted molar refractivity (Wildman–Crippen MR) is 64.7 cm³/mol. The Morgan fingerprint density at radius 2 is 1.82 bits per heavy atom. The number of aromatic nitrogens is 2. The number of hydrogen-bond donors (Lipinski definition) is 0. The molecule has 0 fully saturated rings. The molecule has 1 aliphatic rings. The Kier molecular flexibility index (Phi) is 2.44. The topological polar surface area (TPSA) is 42.9 Å². The van der Waals surface area contributed by atoms with Crippen molar-refractivity contribution in [2.24, 2.45) is 0 Å². The van der Waals surface area contributed by atoms with Gasteiger partial charge in [0.2, 0.25) is 0 Å². The molecule has 3 nitrogen and oxygen atoms in total. The Morgan fingerprint density at radius 1 is 1.00 bits per heavy atom. The highest BCUT2D eigenvalue weighted by Gasteiger charge is 2.17. The zero-order valence-corrected chi connectivity index (χ0v) is 9.39. The summed E-state index contributed by atoms with van der Waals surface area (Å²) in [6.07, 6.45) is 7.69. The lowest BCUT2D eigenvalue weighted by Gasteiger charge is -2.15. The molecule has 0 unspecified atom stereocenters. The average molecular weight is 224 g/mol. The van der Waals surface area contributed by atoms with E-state index in [9.17, 15) is 4.79 Å². The van der Waals surface area contributed by atoms with Crippen LogP contribution in [-0.4, -0.2) is 15.8 Å². The molecule has 0 atom stereocenters. The quantitative estimate of drug-likeness (QED) is 0.747. The number of aryl methyl sites for hydroxylation is 1. The van der Waals surface area contributed by atoms with E-state index in [4.69, 9.17) is 0 Å².